The summed E-state index contributed by atoms with van der Waals surface area (Å²) in [5.74, 6) is 0. The normalized spacial score (nSPS) is 10.4. The molecule has 1 nitrogen and oxygen atoms in total. The van der Waals surface area contributed by atoms with Crippen LogP contribution in [0.25, 0.3) is 0 Å². The Balaban J connectivity index is 1.73. The van der Waals surface area contributed by atoms with Crippen molar-refractivity contribution in [3.63, 3.8) is 0 Å². The van der Waals surface area contributed by atoms with Gasteiger partial charge in [-0.2, -0.15) is 0 Å². The molecule has 0 heterocycles. The molecule has 0 aliphatic rings. The Morgan fingerprint density at radius 1 is 0.750 bits per heavy atom. The van der Waals surface area contributed by atoms with Gasteiger partial charge in [0.1, 0.15) is 0 Å². The largest absolute Gasteiger partial charge is 0.385 e. The van der Waals surface area contributed by atoms with Crippen molar-refractivity contribution in [1.29, 1.82) is 0 Å². The van der Waals surface area contributed by atoms with E-state index in [1.165, 1.54) is 42.5 Å². The minimum Gasteiger partial charge on any atom is -0.385 e. The molecular formula is C19H25N. The number of hydrogen-bond acceptors (Lipinski definition) is 1. The summed E-state index contributed by atoms with van der Waals surface area (Å²) in [6.45, 7) is 3.24. The van der Waals surface area contributed by atoms with Crippen LogP contribution in [0.4, 0.5) is 5.69 Å². The fraction of sp³-hybridized carbons (Fsp3) is 0.368. The lowest BCUT2D eigenvalue weighted by Gasteiger charge is -2.08. The summed E-state index contributed by atoms with van der Waals surface area (Å²) in [4.78, 5) is 0. The highest BCUT2D eigenvalue weighted by atomic mass is 14.9. The Bertz CT molecular complexity index is 473. The van der Waals surface area contributed by atoms with E-state index in [-0.39, 0.29) is 0 Å². The summed E-state index contributed by atoms with van der Waals surface area (Å²) < 4.78 is 0. The lowest BCUT2D eigenvalue weighted by Crippen LogP contribution is -2.04. The number of benzene rings is 2. The molecule has 1 heteroatoms. The third kappa shape index (κ3) is 5.08. The standard InChI is InChI=1S/C19H25N/c1-2-3-5-8-18-11-13-19(14-12-18)20-16-15-17-9-6-4-7-10-17/h4,6-7,9-14,20H,2-3,5,8,15-16H2,1H3. The lowest BCUT2D eigenvalue weighted by molar-refractivity contribution is 0.717. The fourth-order valence-electron chi connectivity index (χ4n) is 2.36. The Morgan fingerprint density at radius 2 is 1.45 bits per heavy atom. The summed E-state index contributed by atoms with van der Waals surface area (Å²) >= 11 is 0. The Morgan fingerprint density at radius 3 is 2.15 bits per heavy atom. The Hall–Kier alpha value is -1.76. The highest BCUT2D eigenvalue weighted by molar-refractivity contribution is 5.44. The Kier molecular flexibility index (Phi) is 6.16. The van der Waals surface area contributed by atoms with E-state index in [1.54, 1.807) is 0 Å². The smallest absolute Gasteiger partial charge is 0.0340 e. The molecular weight excluding hydrogens is 242 g/mol. The molecule has 0 spiro atoms. The molecule has 0 bridgehead atoms. The van der Waals surface area contributed by atoms with Crippen LogP contribution in [0.5, 0.6) is 0 Å². The van der Waals surface area contributed by atoms with Crippen molar-refractivity contribution in [2.45, 2.75) is 39.0 Å². The zero-order chi connectivity index (χ0) is 14.0. The van der Waals surface area contributed by atoms with E-state index in [0.29, 0.717) is 0 Å². The van der Waals surface area contributed by atoms with Gasteiger partial charge in [0.15, 0.2) is 0 Å². The van der Waals surface area contributed by atoms with Crippen molar-refractivity contribution in [3.8, 4) is 0 Å². The van der Waals surface area contributed by atoms with Gasteiger partial charge in [0.25, 0.3) is 0 Å². The van der Waals surface area contributed by atoms with Crippen molar-refractivity contribution < 1.29 is 0 Å². The lowest BCUT2D eigenvalue weighted by atomic mass is 10.1. The molecule has 0 saturated heterocycles. The van der Waals surface area contributed by atoms with E-state index in [0.717, 1.165) is 13.0 Å². The third-order valence-corrected chi connectivity index (χ3v) is 3.61. The number of nitrogens with one attached hydrogen (secondary N) is 1. The molecule has 0 unspecified atom stereocenters. The summed E-state index contributed by atoms with van der Waals surface area (Å²) in [6.07, 6.45) is 6.20. The molecule has 0 atom stereocenters. The van der Waals surface area contributed by atoms with Gasteiger partial charge in [0.2, 0.25) is 0 Å². The zero-order valence-corrected chi connectivity index (χ0v) is 12.4. The molecule has 0 aromatic heterocycles. The molecule has 2 rings (SSSR count). The van der Waals surface area contributed by atoms with Crippen LogP contribution >= 0.6 is 0 Å². The van der Waals surface area contributed by atoms with Crippen LogP contribution in [0.3, 0.4) is 0 Å². The van der Waals surface area contributed by atoms with Gasteiger partial charge in [-0.3, -0.25) is 0 Å². The molecule has 0 radical (unpaired) electrons. The first-order chi connectivity index (χ1) is 9.88. The van der Waals surface area contributed by atoms with Crippen LogP contribution in [0, 0.1) is 0 Å². The summed E-state index contributed by atoms with van der Waals surface area (Å²) in [7, 11) is 0. The maximum absolute atomic E-state index is 3.49. The van der Waals surface area contributed by atoms with E-state index in [9.17, 15) is 0 Å². The average Bonchev–Trinajstić information content (AvgIpc) is 2.50. The second-order valence-electron chi connectivity index (χ2n) is 5.32. The van der Waals surface area contributed by atoms with Crippen LogP contribution < -0.4 is 5.32 Å². The van der Waals surface area contributed by atoms with Crippen molar-refractivity contribution in [2.75, 3.05) is 11.9 Å². The minimum atomic E-state index is 0.985. The summed E-state index contributed by atoms with van der Waals surface area (Å²) in [5.41, 5.74) is 4.06. The summed E-state index contributed by atoms with van der Waals surface area (Å²) in [6, 6.07) is 19.5. The van der Waals surface area contributed by atoms with Gasteiger partial charge in [0.05, 0.1) is 0 Å². The van der Waals surface area contributed by atoms with Gasteiger partial charge in [-0.15, -0.1) is 0 Å². The topological polar surface area (TPSA) is 12.0 Å². The number of rotatable bonds is 8. The van der Waals surface area contributed by atoms with Crippen LogP contribution in [0.2, 0.25) is 0 Å². The molecule has 0 amide bonds. The van der Waals surface area contributed by atoms with E-state index in [1.807, 2.05) is 0 Å². The molecule has 106 valence electrons. The van der Waals surface area contributed by atoms with Crippen molar-refractivity contribution in [3.05, 3.63) is 65.7 Å². The van der Waals surface area contributed by atoms with Crippen LogP contribution in [-0.4, -0.2) is 6.54 Å². The van der Waals surface area contributed by atoms with Crippen LogP contribution in [-0.2, 0) is 12.8 Å². The monoisotopic (exact) mass is 267 g/mol. The van der Waals surface area contributed by atoms with E-state index in [2.05, 4.69) is 66.8 Å². The molecule has 2 aromatic carbocycles. The average molecular weight is 267 g/mol. The Labute approximate surface area is 123 Å². The van der Waals surface area contributed by atoms with Gasteiger partial charge < -0.3 is 5.32 Å². The molecule has 2 aromatic rings. The van der Waals surface area contributed by atoms with E-state index >= 15 is 0 Å². The first kappa shape index (κ1) is 14.6. The second kappa shape index (κ2) is 8.42. The number of unbranched alkanes of at least 4 members (excludes halogenated alkanes) is 2. The summed E-state index contributed by atoms with van der Waals surface area (Å²) in [5, 5.41) is 3.49. The molecule has 1 N–H and O–H groups in total. The van der Waals surface area contributed by atoms with E-state index in [4.69, 9.17) is 0 Å². The first-order valence-corrected chi connectivity index (χ1v) is 7.75. The second-order valence-corrected chi connectivity index (χ2v) is 5.32. The predicted molar refractivity (Wildman–Crippen MR) is 88.3 cm³/mol. The number of aryl methyl sites for hydroxylation is 1. The first-order valence-electron chi connectivity index (χ1n) is 7.75. The van der Waals surface area contributed by atoms with Gasteiger partial charge in [-0.1, -0.05) is 62.2 Å². The maximum atomic E-state index is 3.49. The molecule has 0 aliphatic heterocycles. The molecule has 0 saturated carbocycles. The fourth-order valence-corrected chi connectivity index (χ4v) is 2.36. The minimum absolute atomic E-state index is 0.985. The van der Waals surface area contributed by atoms with Gasteiger partial charge in [0, 0.05) is 12.2 Å². The third-order valence-electron chi connectivity index (χ3n) is 3.61. The zero-order valence-electron chi connectivity index (χ0n) is 12.4. The van der Waals surface area contributed by atoms with Crippen molar-refractivity contribution in [2.24, 2.45) is 0 Å². The number of anilines is 1. The number of hydrogen-bond donors (Lipinski definition) is 1. The van der Waals surface area contributed by atoms with Gasteiger partial charge in [-0.25, -0.2) is 0 Å². The highest BCUT2D eigenvalue weighted by Gasteiger charge is 1.96. The highest BCUT2D eigenvalue weighted by Crippen LogP contribution is 2.12. The van der Waals surface area contributed by atoms with E-state index < -0.39 is 0 Å². The van der Waals surface area contributed by atoms with Crippen LogP contribution in [0.15, 0.2) is 54.6 Å². The van der Waals surface area contributed by atoms with Gasteiger partial charge in [-0.05, 0) is 42.5 Å². The van der Waals surface area contributed by atoms with Gasteiger partial charge >= 0.3 is 0 Å². The van der Waals surface area contributed by atoms with Crippen molar-refractivity contribution in [1.82, 2.24) is 0 Å². The SMILES string of the molecule is CCCCCc1ccc(NCCc2ccccc2)cc1. The van der Waals surface area contributed by atoms with Crippen molar-refractivity contribution >= 4 is 5.69 Å². The molecule has 0 fully saturated rings. The van der Waals surface area contributed by atoms with Crippen LogP contribution in [0.1, 0.15) is 37.3 Å². The molecule has 0 aliphatic carbocycles. The molecule has 20 heavy (non-hydrogen) atoms. The maximum Gasteiger partial charge on any atom is 0.0340 e. The predicted octanol–water partition coefficient (Wildman–Crippen LogP) is 5.07. The quantitative estimate of drug-likeness (QED) is 0.658.